The fourth-order valence-corrected chi connectivity index (χ4v) is 1.55. The molecule has 4 nitrogen and oxygen atoms in total. The fourth-order valence-electron chi connectivity index (χ4n) is 1.55. The minimum atomic E-state index is -0.328. The molecule has 2 N–H and O–H groups in total. The van der Waals surface area contributed by atoms with Gasteiger partial charge in [-0.3, -0.25) is 20.4 Å². The Labute approximate surface area is 98.6 Å². The highest BCUT2D eigenvalue weighted by Crippen LogP contribution is 2.15. The Balaban J connectivity index is 2.24. The first-order chi connectivity index (χ1) is 8.16. The highest BCUT2D eigenvalue weighted by atomic mass is 16.2. The van der Waals surface area contributed by atoms with E-state index >= 15 is 0 Å². The van der Waals surface area contributed by atoms with Gasteiger partial charge in [-0.25, -0.2) is 0 Å². The third-order valence-electron chi connectivity index (χ3n) is 2.36. The normalized spacial score (nSPS) is 9.94. The molecule has 0 aliphatic heterocycles. The summed E-state index contributed by atoms with van der Waals surface area (Å²) in [7, 11) is 0. The molecular weight excluding hydrogens is 216 g/mol. The predicted octanol–water partition coefficient (Wildman–Crippen LogP) is 1.62. The van der Waals surface area contributed by atoms with Crippen LogP contribution in [0.1, 0.15) is 17.3 Å². The fraction of sp³-hybridized carbons (Fsp3) is 0.0769. The predicted molar refractivity (Wildman–Crippen MR) is 65.2 cm³/mol. The van der Waals surface area contributed by atoms with Crippen LogP contribution in [0.25, 0.3) is 10.8 Å². The van der Waals surface area contributed by atoms with E-state index in [0.29, 0.717) is 5.56 Å². The molecule has 0 aliphatic carbocycles. The summed E-state index contributed by atoms with van der Waals surface area (Å²) in [5.74, 6) is -0.634. The highest BCUT2D eigenvalue weighted by Gasteiger charge is 2.05. The molecule has 0 heterocycles. The monoisotopic (exact) mass is 228 g/mol. The van der Waals surface area contributed by atoms with Crippen molar-refractivity contribution < 1.29 is 9.59 Å². The molecule has 0 radical (unpaired) electrons. The Morgan fingerprint density at radius 3 is 2.35 bits per heavy atom. The van der Waals surface area contributed by atoms with E-state index in [4.69, 9.17) is 0 Å². The van der Waals surface area contributed by atoms with Crippen LogP contribution in [-0.2, 0) is 4.79 Å². The van der Waals surface area contributed by atoms with Gasteiger partial charge in [-0.2, -0.15) is 0 Å². The topological polar surface area (TPSA) is 58.2 Å². The zero-order valence-electron chi connectivity index (χ0n) is 9.36. The number of hydrogen-bond donors (Lipinski definition) is 2. The summed E-state index contributed by atoms with van der Waals surface area (Å²) in [4.78, 5) is 22.3. The van der Waals surface area contributed by atoms with E-state index in [-0.39, 0.29) is 11.8 Å². The lowest BCUT2D eigenvalue weighted by molar-refractivity contribution is -0.119. The molecule has 4 heteroatoms. The van der Waals surface area contributed by atoms with Crippen molar-refractivity contribution in [2.45, 2.75) is 6.92 Å². The number of fused-ring (bicyclic) bond motifs is 1. The van der Waals surface area contributed by atoms with E-state index in [9.17, 15) is 9.59 Å². The quantitative estimate of drug-likeness (QED) is 0.729. The Morgan fingerprint density at radius 1 is 0.941 bits per heavy atom. The molecule has 2 aromatic rings. The average Bonchev–Trinajstić information content (AvgIpc) is 2.35. The number of hydrazine groups is 1. The van der Waals surface area contributed by atoms with Crippen molar-refractivity contribution >= 4 is 22.6 Å². The van der Waals surface area contributed by atoms with Gasteiger partial charge >= 0.3 is 0 Å². The number of nitrogens with one attached hydrogen (secondary N) is 2. The standard InChI is InChI=1S/C13H12N2O2/c1-9(16)14-15-13(17)12-7-6-10-4-2-3-5-11(10)8-12/h2-8H,1H3,(H,14,16)(H,15,17). The lowest BCUT2D eigenvalue weighted by atomic mass is 10.1. The molecular formula is C13H12N2O2. The van der Waals surface area contributed by atoms with Crippen molar-refractivity contribution in [2.24, 2.45) is 0 Å². The van der Waals surface area contributed by atoms with Crippen LogP contribution in [0.15, 0.2) is 42.5 Å². The maximum Gasteiger partial charge on any atom is 0.269 e. The van der Waals surface area contributed by atoms with Crippen molar-refractivity contribution in [3.63, 3.8) is 0 Å². The van der Waals surface area contributed by atoms with Crippen LogP contribution in [0.5, 0.6) is 0 Å². The van der Waals surface area contributed by atoms with Crippen molar-refractivity contribution in [3.8, 4) is 0 Å². The van der Waals surface area contributed by atoms with Gasteiger partial charge in [0.05, 0.1) is 0 Å². The third-order valence-corrected chi connectivity index (χ3v) is 2.36. The second-order valence-electron chi connectivity index (χ2n) is 3.70. The maximum absolute atomic E-state index is 11.7. The first kappa shape index (κ1) is 11.1. The van der Waals surface area contributed by atoms with Gasteiger partial charge in [-0.15, -0.1) is 0 Å². The summed E-state index contributed by atoms with van der Waals surface area (Å²) in [5, 5.41) is 2.06. The summed E-state index contributed by atoms with van der Waals surface area (Å²) < 4.78 is 0. The molecule has 0 unspecified atom stereocenters. The van der Waals surface area contributed by atoms with Gasteiger partial charge in [0.15, 0.2) is 0 Å². The summed E-state index contributed by atoms with van der Waals surface area (Å²) in [5.41, 5.74) is 5.09. The van der Waals surface area contributed by atoms with E-state index in [1.165, 1.54) is 6.92 Å². The Morgan fingerprint density at radius 2 is 1.65 bits per heavy atom. The number of carbonyl (C=O) groups excluding carboxylic acids is 2. The van der Waals surface area contributed by atoms with Gasteiger partial charge in [0.25, 0.3) is 5.91 Å². The summed E-state index contributed by atoms with van der Waals surface area (Å²) in [6.45, 7) is 1.33. The summed E-state index contributed by atoms with van der Waals surface area (Å²) in [6, 6.07) is 13.1. The van der Waals surface area contributed by atoms with Crippen molar-refractivity contribution in [1.82, 2.24) is 10.9 Å². The second kappa shape index (κ2) is 4.65. The number of benzene rings is 2. The number of rotatable bonds is 1. The van der Waals surface area contributed by atoms with E-state index < -0.39 is 0 Å². The SMILES string of the molecule is CC(=O)NNC(=O)c1ccc2ccccc2c1. The van der Waals surface area contributed by atoms with Gasteiger partial charge in [0.1, 0.15) is 0 Å². The van der Waals surface area contributed by atoms with Gasteiger partial charge < -0.3 is 0 Å². The zero-order chi connectivity index (χ0) is 12.3. The first-order valence-electron chi connectivity index (χ1n) is 5.22. The summed E-state index contributed by atoms with van der Waals surface area (Å²) >= 11 is 0. The van der Waals surface area contributed by atoms with Crippen LogP contribution < -0.4 is 10.9 Å². The molecule has 2 aromatic carbocycles. The smallest absolute Gasteiger partial charge is 0.269 e. The highest BCUT2D eigenvalue weighted by molar-refractivity contribution is 5.99. The van der Waals surface area contributed by atoms with E-state index in [1.54, 1.807) is 12.1 Å². The molecule has 0 spiro atoms. The van der Waals surface area contributed by atoms with Crippen LogP contribution >= 0.6 is 0 Å². The molecule has 2 rings (SSSR count). The molecule has 0 aliphatic rings. The lowest BCUT2D eigenvalue weighted by Gasteiger charge is -2.05. The minimum absolute atomic E-state index is 0.306. The molecule has 0 saturated heterocycles. The van der Waals surface area contributed by atoms with E-state index in [1.807, 2.05) is 30.3 Å². The first-order valence-corrected chi connectivity index (χ1v) is 5.22. The van der Waals surface area contributed by atoms with Crippen LogP contribution in [0.3, 0.4) is 0 Å². The molecule has 17 heavy (non-hydrogen) atoms. The molecule has 86 valence electrons. The van der Waals surface area contributed by atoms with Gasteiger partial charge in [0, 0.05) is 12.5 Å². The van der Waals surface area contributed by atoms with Crippen LogP contribution in [0.2, 0.25) is 0 Å². The Hall–Kier alpha value is -2.36. The Bertz CT molecular complexity index is 578. The molecule has 0 bridgehead atoms. The maximum atomic E-state index is 11.7. The Kier molecular flexibility index (Phi) is 3.05. The van der Waals surface area contributed by atoms with Crippen LogP contribution in [-0.4, -0.2) is 11.8 Å². The number of carbonyl (C=O) groups is 2. The molecule has 0 aromatic heterocycles. The van der Waals surface area contributed by atoms with E-state index in [0.717, 1.165) is 10.8 Å². The number of amides is 2. The second-order valence-corrected chi connectivity index (χ2v) is 3.70. The van der Waals surface area contributed by atoms with Gasteiger partial charge in [0.2, 0.25) is 5.91 Å². The lowest BCUT2D eigenvalue weighted by Crippen LogP contribution is -2.40. The molecule has 0 atom stereocenters. The van der Waals surface area contributed by atoms with Crippen molar-refractivity contribution in [1.29, 1.82) is 0 Å². The van der Waals surface area contributed by atoms with Gasteiger partial charge in [-0.05, 0) is 22.9 Å². The molecule has 0 fully saturated rings. The summed E-state index contributed by atoms with van der Waals surface area (Å²) in [6.07, 6.45) is 0. The van der Waals surface area contributed by atoms with E-state index in [2.05, 4.69) is 10.9 Å². The number of hydrogen-bond acceptors (Lipinski definition) is 2. The minimum Gasteiger partial charge on any atom is -0.274 e. The van der Waals surface area contributed by atoms with Crippen molar-refractivity contribution in [3.05, 3.63) is 48.0 Å². The average molecular weight is 228 g/mol. The molecule has 2 amide bonds. The van der Waals surface area contributed by atoms with Crippen LogP contribution in [0, 0.1) is 0 Å². The zero-order valence-corrected chi connectivity index (χ0v) is 9.36. The van der Waals surface area contributed by atoms with Gasteiger partial charge in [-0.1, -0.05) is 30.3 Å². The largest absolute Gasteiger partial charge is 0.274 e. The van der Waals surface area contributed by atoms with Crippen LogP contribution in [0.4, 0.5) is 0 Å². The third kappa shape index (κ3) is 2.60. The van der Waals surface area contributed by atoms with Crippen molar-refractivity contribution in [2.75, 3.05) is 0 Å². The molecule has 0 saturated carbocycles.